The number of carbonyl (C=O) groups is 1. The van der Waals surface area contributed by atoms with E-state index in [1.54, 1.807) is 23.1 Å². The van der Waals surface area contributed by atoms with Crippen LogP contribution in [0, 0.1) is 10.1 Å². The summed E-state index contributed by atoms with van der Waals surface area (Å²) < 4.78 is 12.2. The minimum absolute atomic E-state index is 0.00576. The van der Waals surface area contributed by atoms with E-state index in [1.165, 1.54) is 29.5 Å². The fourth-order valence-electron chi connectivity index (χ4n) is 3.13. The standard InChI is InChI=1S/C22H22N4O5S/c1-24(2)9-10-25(21(27)8-5-15-3-6-16(7-4-15)26(28)29)22-23-17-13-18-19(14-20(17)32-22)31-12-11-30-18/h3-8,13-14H,9-12H2,1-2H3/b8-5-. The lowest BCUT2D eigenvalue weighted by atomic mass is 10.2. The molecule has 1 aliphatic heterocycles. The zero-order chi connectivity index (χ0) is 22.7. The number of thiazole rings is 1. The van der Waals surface area contributed by atoms with Gasteiger partial charge in [-0.2, -0.15) is 0 Å². The van der Waals surface area contributed by atoms with Crippen molar-refractivity contribution in [2.75, 3.05) is 45.3 Å². The summed E-state index contributed by atoms with van der Waals surface area (Å²) in [5.74, 6) is 1.12. The highest BCUT2D eigenvalue weighted by molar-refractivity contribution is 7.22. The lowest BCUT2D eigenvalue weighted by Crippen LogP contribution is -2.35. The first-order valence-corrected chi connectivity index (χ1v) is 10.8. The Balaban J connectivity index is 1.59. The molecular formula is C22H22N4O5S. The summed E-state index contributed by atoms with van der Waals surface area (Å²) in [5.41, 5.74) is 1.45. The number of benzene rings is 2. The third kappa shape index (κ3) is 4.87. The molecular weight excluding hydrogens is 432 g/mol. The summed E-state index contributed by atoms with van der Waals surface area (Å²) in [4.78, 5) is 31.7. The molecule has 166 valence electrons. The molecule has 1 aliphatic rings. The normalized spacial score (nSPS) is 13.1. The van der Waals surface area contributed by atoms with Gasteiger partial charge in [0.05, 0.1) is 15.1 Å². The Morgan fingerprint density at radius 1 is 1.16 bits per heavy atom. The molecule has 2 heterocycles. The summed E-state index contributed by atoms with van der Waals surface area (Å²) in [5, 5.41) is 11.4. The van der Waals surface area contributed by atoms with Crippen molar-refractivity contribution in [2.45, 2.75) is 0 Å². The minimum Gasteiger partial charge on any atom is -0.486 e. The third-order valence-electron chi connectivity index (χ3n) is 4.83. The number of ether oxygens (including phenoxy) is 2. The molecule has 0 aliphatic carbocycles. The smallest absolute Gasteiger partial charge is 0.269 e. The van der Waals surface area contributed by atoms with Crippen molar-refractivity contribution in [2.24, 2.45) is 0 Å². The molecule has 1 amide bonds. The first-order chi connectivity index (χ1) is 15.4. The van der Waals surface area contributed by atoms with Crippen LogP contribution in [-0.4, -0.2) is 61.1 Å². The molecule has 0 radical (unpaired) electrons. The van der Waals surface area contributed by atoms with Crippen LogP contribution >= 0.6 is 11.3 Å². The zero-order valence-electron chi connectivity index (χ0n) is 17.7. The second-order valence-electron chi connectivity index (χ2n) is 7.44. The van der Waals surface area contributed by atoms with Gasteiger partial charge in [0.15, 0.2) is 16.6 Å². The van der Waals surface area contributed by atoms with E-state index in [-0.39, 0.29) is 11.6 Å². The lowest BCUT2D eigenvalue weighted by molar-refractivity contribution is -0.384. The van der Waals surface area contributed by atoms with E-state index in [9.17, 15) is 14.9 Å². The van der Waals surface area contributed by atoms with Gasteiger partial charge in [0.2, 0.25) is 0 Å². The maximum Gasteiger partial charge on any atom is 0.269 e. The van der Waals surface area contributed by atoms with Crippen LogP contribution in [0.5, 0.6) is 11.5 Å². The molecule has 0 N–H and O–H groups in total. The van der Waals surface area contributed by atoms with Crippen molar-refractivity contribution >= 4 is 44.4 Å². The summed E-state index contributed by atoms with van der Waals surface area (Å²) in [6, 6.07) is 9.76. The van der Waals surface area contributed by atoms with Gasteiger partial charge in [0.1, 0.15) is 13.2 Å². The number of likely N-dealkylation sites (N-methyl/N-ethyl adjacent to an activating group) is 1. The summed E-state index contributed by atoms with van der Waals surface area (Å²) in [7, 11) is 3.88. The number of non-ortho nitro benzene ring substituents is 1. The maximum absolute atomic E-state index is 13.1. The number of aromatic nitrogens is 1. The number of carbonyl (C=O) groups excluding carboxylic acids is 1. The van der Waals surface area contributed by atoms with E-state index < -0.39 is 4.92 Å². The number of nitrogens with zero attached hydrogens (tertiary/aromatic N) is 4. The van der Waals surface area contributed by atoms with Crippen molar-refractivity contribution in [1.82, 2.24) is 9.88 Å². The molecule has 1 aromatic heterocycles. The molecule has 0 saturated carbocycles. The van der Waals surface area contributed by atoms with Crippen molar-refractivity contribution < 1.29 is 19.2 Å². The van der Waals surface area contributed by atoms with Gasteiger partial charge in [-0.25, -0.2) is 4.98 Å². The van der Waals surface area contributed by atoms with Gasteiger partial charge < -0.3 is 14.4 Å². The lowest BCUT2D eigenvalue weighted by Gasteiger charge is -2.20. The predicted octanol–water partition coefficient (Wildman–Crippen LogP) is 3.58. The Morgan fingerprint density at radius 3 is 2.50 bits per heavy atom. The molecule has 32 heavy (non-hydrogen) atoms. The number of rotatable bonds is 7. The van der Waals surface area contributed by atoms with Crippen LogP contribution in [0.3, 0.4) is 0 Å². The van der Waals surface area contributed by atoms with Crippen LogP contribution in [-0.2, 0) is 4.79 Å². The number of nitro benzene ring substituents is 1. The van der Waals surface area contributed by atoms with Gasteiger partial charge in [0.25, 0.3) is 11.6 Å². The molecule has 2 aromatic carbocycles. The molecule has 10 heteroatoms. The average Bonchev–Trinajstić information content (AvgIpc) is 3.18. The SMILES string of the molecule is CN(C)CCN(C(=O)/C=C\c1ccc([N+](=O)[O-])cc1)c1nc2cc3c(cc2s1)OCCO3. The van der Waals surface area contributed by atoms with Crippen molar-refractivity contribution in [3.63, 3.8) is 0 Å². The van der Waals surface area contributed by atoms with Crippen molar-refractivity contribution in [3.8, 4) is 11.5 Å². The number of hydrogen-bond donors (Lipinski definition) is 0. The van der Waals surface area contributed by atoms with E-state index >= 15 is 0 Å². The summed E-state index contributed by atoms with van der Waals surface area (Å²) in [6.07, 6.45) is 3.10. The fourth-order valence-corrected chi connectivity index (χ4v) is 4.14. The Kier molecular flexibility index (Phi) is 6.33. The monoisotopic (exact) mass is 454 g/mol. The maximum atomic E-state index is 13.1. The summed E-state index contributed by atoms with van der Waals surface area (Å²) >= 11 is 1.42. The number of hydrogen-bond acceptors (Lipinski definition) is 8. The molecule has 0 saturated heterocycles. The van der Waals surface area contributed by atoms with Gasteiger partial charge in [-0.3, -0.25) is 19.8 Å². The molecule has 0 unspecified atom stereocenters. The molecule has 4 rings (SSSR count). The Bertz CT molecular complexity index is 1130. The molecule has 9 nitrogen and oxygen atoms in total. The minimum atomic E-state index is -0.456. The van der Waals surface area contributed by atoms with Crippen LogP contribution in [0.4, 0.5) is 10.8 Å². The molecule has 0 atom stereocenters. The molecule has 0 fully saturated rings. The highest BCUT2D eigenvalue weighted by Gasteiger charge is 2.20. The topological polar surface area (TPSA) is 98.0 Å². The van der Waals surface area contributed by atoms with Crippen LogP contribution in [0.15, 0.2) is 42.5 Å². The third-order valence-corrected chi connectivity index (χ3v) is 5.87. The number of anilines is 1. The van der Waals surface area contributed by atoms with Crippen molar-refractivity contribution in [3.05, 3.63) is 58.2 Å². The Hall–Kier alpha value is -3.50. The fraction of sp³-hybridized carbons (Fsp3) is 0.273. The van der Waals surface area contributed by atoms with E-state index in [2.05, 4.69) is 4.98 Å². The quantitative estimate of drug-likeness (QED) is 0.306. The van der Waals surface area contributed by atoms with Gasteiger partial charge in [0, 0.05) is 43.4 Å². The summed E-state index contributed by atoms with van der Waals surface area (Å²) in [6.45, 7) is 2.13. The highest BCUT2D eigenvalue weighted by Crippen LogP contribution is 2.38. The van der Waals surface area contributed by atoms with Crippen LogP contribution in [0.1, 0.15) is 5.56 Å². The molecule has 3 aromatic rings. The van der Waals surface area contributed by atoms with Crippen molar-refractivity contribution in [1.29, 1.82) is 0 Å². The van der Waals surface area contributed by atoms with Gasteiger partial charge in [-0.1, -0.05) is 11.3 Å². The average molecular weight is 455 g/mol. The van der Waals surface area contributed by atoms with E-state index in [0.717, 1.165) is 10.2 Å². The number of amides is 1. The first kappa shape index (κ1) is 21.7. The Labute approximate surface area is 188 Å². The number of fused-ring (bicyclic) bond motifs is 2. The zero-order valence-corrected chi connectivity index (χ0v) is 18.5. The second-order valence-corrected chi connectivity index (χ2v) is 8.44. The largest absolute Gasteiger partial charge is 0.486 e. The van der Waals surface area contributed by atoms with Gasteiger partial charge in [-0.15, -0.1) is 0 Å². The predicted molar refractivity (Wildman–Crippen MR) is 124 cm³/mol. The first-order valence-electron chi connectivity index (χ1n) is 9.99. The van der Waals surface area contributed by atoms with E-state index in [1.807, 2.05) is 31.1 Å². The van der Waals surface area contributed by atoms with Gasteiger partial charge in [-0.05, 0) is 37.9 Å². The van der Waals surface area contributed by atoms with Gasteiger partial charge >= 0.3 is 0 Å². The van der Waals surface area contributed by atoms with E-state index in [4.69, 9.17) is 9.47 Å². The van der Waals surface area contributed by atoms with Crippen LogP contribution in [0.25, 0.3) is 16.3 Å². The highest BCUT2D eigenvalue weighted by atomic mass is 32.1. The number of nitro groups is 1. The molecule has 0 spiro atoms. The molecule has 0 bridgehead atoms. The Morgan fingerprint density at radius 2 is 1.84 bits per heavy atom. The van der Waals surface area contributed by atoms with Crippen LogP contribution in [0.2, 0.25) is 0 Å². The van der Waals surface area contributed by atoms with E-state index in [0.29, 0.717) is 48.5 Å². The second kappa shape index (κ2) is 9.33. The van der Waals surface area contributed by atoms with Crippen LogP contribution < -0.4 is 14.4 Å².